The SMILES string of the molecule is CCCN1CC=C2C(C)=C(N)C(C#N)(C#N)[C@H](c3ccc(OC(C)C)c(OCC)c3)[C@H]2C1. The number of hydrogen-bond donors (Lipinski definition) is 1. The van der Waals surface area contributed by atoms with Crippen LogP contribution in [0.3, 0.4) is 0 Å². The van der Waals surface area contributed by atoms with Crippen LogP contribution in [-0.2, 0) is 0 Å². The van der Waals surface area contributed by atoms with Crippen LogP contribution in [-0.4, -0.2) is 37.2 Å². The van der Waals surface area contributed by atoms with E-state index in [9.17, 15) is 10.5 Å². The molecule has 2 N–H and O–H groups in total. The quantitative estimate of drug-likeness (QED) is 0.679. The largest absolute Gasteiger partial charge is 0.490 e. The fraction of sp³-hybridized carbons (Fsp3) is 0.538. The summed E-state index contributed by atoms with van der Waals surface area (Å²) in [6.45, 7) is 13.1. The predicted octanol–water partition coefficient (Wildman–Crippen LogP) is 4.50. The highest BCUT2D eigenvalue weighted by atomic mass is 16.5. The monoisotopic (exact) mass is 434 g/mol. The third-order valence-electron chi connectivity index (χ3n) is 6.44. The molecule has 1 aliphatic carbocycles. The average molecular weight is 435 g/mol. The van der Waals surface area contributed by atoms with Crippen molar-refractivity contribution >= 4 is 0 Å². The number of fused-ring (bicyclic) bond motifs is 1. The van der Waals surface area contributed by atoms with Gasteiger partial charge in [0.1, 0.15) is 0 Å². The van der Waals surface area contributed by atoms with Gasteiger partial charge in [0.25, 0.3) is 0 Å². The zero-order chi connectivity index (χ0) is 23.5. The minimum absolute atomic E-state index is 0.00348. The maximum atomic E-state index is 10.3. The van der Waals surface area contributed by atoms with Crippen LogP contribution in [0.5, 0.6) is 11.5 Å². The number of rotatable bonds is 7. The second-order valence-electron chi connectivity index (χ2n) is 8.88. The summed E-state index contributed by atoms with van der Waals surface area (Å²) < 4.78 is 11.8. The Hall–Kier alpha value is -2.96. The molecule has 0 saturated heterocycles. The first-order valence-corrected chi connectivity index (χ1v) is 11.5. The van der Waals surface area contributed by atoms with Crippen LogP contribution in [0.4, 0.5) is 0 Å². The summed E-state index contributed by atoms with van der Waals surface area (Å²) in [5.41, 5.74) is 8.34. The molecule has 170 valence electrons. The van der Waals surface area contributed by atoms with Gasteiger partial charge in [-0.2, -0.15) is 10.5 Å². The Morgan fingerprint density at radius 1 is 1.22 bits per heavy atom. The molecule has 1 aliphatic heterocycles. The minimum atomic E-state index is -1.44. The van der Waals surface area contributed by atoms with Crippen molar-refractivity contribution in [2.24, 2.45) is 17.1 Å². The van der Waals surface area contributed by atoms with E-state index in [0.717, 1.165) is 42.8 Å². The molecule has 0 bridgehead atoms. The summed E-state index contributed by atoms with van der Waals surface area (Å²) in [5.74, 6) is 0.875. The lowest BCUT2D eigenvalue weighted by molar-refractivity contribution is 0.205. The zero-order valence-electron chi connectivity index (χ0n) is 19.8. The van der Waals surface area contributed by atoms with Gasteiger partial charge in [-0.3, -0.25) is 4.90 Å². The van der Waals surface area contributed by atoms with Gasteiger partial charge in [-0.1, -0.05) is 19.1 Å². The predicted molar refractivity (Wildman–Crippen MR) is 125 cm³/mol. The van der Waals surface area contributed by atoms with E-state index in [0.29, 0.717) is 23.8 Å². The highest BCUT2D eigenvalue weighted by Crippen LogP contribution is 2.54. The van der Waals surface area contributed by atoms with Gasteiger partial charge in [-0.25, -0.2) is 0 Å². The third-order valence-corrected chi connectivity index (χ3v) is 6.44. The summed E-state index contributed by atoms with van der Waals surface area (Å²) in [5, 5.41) is 20.6. The zero-order valence-corrected chi connectivity index (χ0v) is 19.8. The lowest BCUT2D eigenvalue weighted by atomic mass is 9.58. The fourth-order valence-corrected chi connectivity index (χ4v) is 5.07. The second kappa shape index (κ2) is 9.67. The topological polar surface area (TPSA) is 95.3 Å². The second-order valence-corrected chi connectivity index (χ2v) is 8.88. The number of benzene rings is 1. The molecule has 0 aromatic heterocycles. The molecule has 6 heteroatoms. The van der Waals surface area contributed by atoms with Crippen molar-refractivity contribution in [2.75, 3.05) is 26.2 Å². The highest BCUT2D eigenvalue weighted by Gasteiger charge is 2.53. The number of allylic oxidation sites excluding steroid dienone is 2. The molecule has 0 spiro atoms. The van der Waals surface area contributed by atoms with Gasteiger partial charge in [-0.15, -0.1) is 0 Å². The van der Waals surface area contributed by atoms with E-state index in [2.05, 4.69) is 30.0 Å². The van der Waals surface area contributed by atoms with Crippen LogP contribution in [0.25, 0.3) is 0 Å². The van der Waals surface area contributed by atoms with Gasteiger partial charge in [0.15, 0.2) is 16.9 Å². The molecule has 2 atom stereocenters. The van der Waals surface area contributed by atoms with Crippen molar-refractivity contribution in [2.45, 2.75) is 53.1 Å². The van der Waals surface area contributed by atoms with Crippen molar-refractivity contribution in [3.8, 4) is 23.6 Å². The molecule has 6 nitrogen and oxygen atoms in total. The van der Waals surface area contributed by atoms with Crippen LogP contribution >= 0.6 is 0 Å². The van der Waals surface area contributed by atoms with Gasteiger partial charge >= 0.3 is 0 Å². The van der Waals surface area contributed by atoms with Crippen molar-refractivity contribution in [3.05, 3.63) is 46.7 Å². The summed E-state index contributed by atoms with van der Waals surface area (Å²) in [6, 6.07) is 10.4. The van der Waals surface area contributed by atoms with E-state index in [1.165, 1.54) is 0 Å². The molecule has 1 aromatic carbocycles. The third kappa shape index (κ3) is 4.08. The number of ether oxygens (including phenoxy) is 2. The Labute approximate surface area is 191 Å². The number of nitrogens with two attached hydrogens (primary N) is 1. The Balaban J connectivity index is 2.20. The van der Waals surface area contributed by atoms with E-state index >= 15 is 0 Å². The lowest BCUT2D eigenvalue weighted by Gasteiger charge is -2.46. The average Bonchev–Trinajstić information content (AvgIpc) is 2.77. The smallest absolute Gasteiger partial charge is 0.190 e. The Kier molecular flexibility index (Phi) is 7.16. The van der Waals surface area contributed by atoms with Gasteiger partial charge in [0.2, 0.25) is 0 Å². The molecule has 0 amide bonds. The minimum Gasteiger partial charge on any atom is -0.490 e. The van der Waals surface area contributed by atoms with Crippen molar-refractivity contribution in [1.29, 1.82) is 10.5 Å². The van der Waals surface area contributed by atoms with E-state index in [1.807, 2.05) is 45.9 Å². The Bertz CT molecular complexity index is 982. The Morgan fingerprint density at radius 2 is 1.94 bits per heavy atom. The molecule has 1 aromatic rings. The summed E-state index contributed by atoms with van der Waals surface area (Å²) in [4.78, 5) is 2.38. The van der Waals surface area contributed by atoms with E-state index < -0.39 is 11.3 Å². The van der Waals surface area contributed by atoms with Crippen LogP contribution in [0.1, 0.15) is 52.5 Å². The molecule has 2 aliphatic rings. The fourth-order valence-electron chi connectivity index (χ4n) is 5.07. The number of nitrogens with zero attached hydrogens (tertiary/aromatic N) is 3. The molecule has 3 rings (SSSR count). The van der Waals surface area contributed by atoms with Gasteiger partial charge < -0.3 is 15.2 Å². The van der Waals surface area contributed by atoms with Crippen molar-refractivity contribution < 1.29 is 9.47 Å². The van der Waals surface area contributed by atoms with E-state index in [4.69, 9.17) is 15.2 Å². The van der Waals surface area contributed by atoms with Gasteiger partial charge in [0, 0.05) is 30.6 Å². The van der Waals surface area contributed by atoms with E-state index in [1.54, 1.807) is 0 Å². The molecule has 1 heterocycles. The normalized spacial score (nSPS) is 22.6. The molecule has 0 fully saturated rings. The van der Waals surface area contributed by atoms with Crippen LogP contribution in [0.2, 0.25) is 0 Å². The molecule has 0 radical (unpaired) electrons. The first-order chi connectivity index (χ1) is 15.3. The standard InChI is InChI=1S/C26H34N4O2/c1-6-11-30-12-10-20-18(5)25(29)26(15-27,16-28)24(21(20)14-30)19-8-9-22(32-17(3)4)23(13-19)31-7-2/h8-10,13,17,21,24H,6-7,11-12,14,29H2,1-5H3/t21-,24+/m0/s1. The van der Waals surface area contributed by atoms with Crippen molar-refractivity contribution in [3.63, 3.8) is 0 Å². The summed E-state index contributed by atoms with van der Waals surface area (Å²) in [6.07, 6.45) is 3.27. The maximum Gasteiger partial charge on any atom is 0.190 e. The Morgan fingerprint density at radius 3 is 2.53 bits per heavy atom. The lowest BCUT2D eigenvalue weighted by Crippen LogP contribution is -2.48. The van der Waals surface area contributed by atoms with Gasteiger partial charge in [0.05, 0.1) is 24.8 Å². The summed E-state index contributed by atoms with van der Waals surface area (Å²) in [7, 11) is 0. The molecular weight excluding hydrogens is 400 g/mol. The molecular formula is C26H34N4O2. The first-order valence-electron chi connectivity index (χ1n) is 11.5. The van der Waals surface area contributed by atoms with Crippen molar-refractivity contribution in [1.82, 2.24) is 4.90 Å². The van der Waals surface area contributed by atoms with Crippen LogP contribution < -0.4 is 15.2 Å². The number of hydrogen-bond acceptors (Lipinski definition) is 6. The maximum absolute atomic E-state index is 10.3. The molecule has 0 unspecified atom stereocenters. The molecule has 32 heavy (non-hydrogen) atoms. The van der Waals surface area contributed by atoms with Crippen LogP contribution in [0.15, 0.2) is 41.1 Å². The molecule has 0 saturated carbocycles. The van der Waals surface area contributed by atoms with Gasteiger partial charge in [-0.05, 0) is 69.5 Å². The number of nitriles is 2. The van der Waals surface area contributed by atoms with Crippen LogP contribution in [0, 0.1) is 34.0 Å². The first kappa shape index (κ1) is 23.7. The highest BCUT2D eigenvalue weighted by molar-refractivity contribution is 5.56. The summed E-state index contributed by atoms with van der Waals surface area (Å²) >= 11 is 0. The van der Waals surface area contributed by atoms with E-state index in [-0.39, 0.29) is 12.0 Å².